The highest BCUT2D eigenvalue weighted by molar-refractivity contribution is 4.79. The molecular weight excluding hydrogens is 136 g/mol. The zero-order valence-corrected chi connectivity index (χ0v) is 7.93. The number of hydrogen-bond donors (Lipinski definition) is 1. The minimum absolute atomic E-state index is 0.758. The van der Waals surface area contributed by atoms with Crippen LogP contribution < -0.4 is 5.32 Å². The van der Waals surface area contributed by atoms with Crippen LogP contribution in [0, 0.1) is 5.92 Å². The average Bonchev–Trinajstić information content (AvgIpc) is 2.05. The van der Waals surface area contributed by atoms with Gasteiger partial charge in [0.25, 0.3) is 0 Å². The second-order valence-corrected chi connectivity index (χ2v) is 3.79. The summed E-state index contributed by atoms with van der Waals surface area (Å²) < 4.78 is 0. The molecule has 0 spiro atoms. The SMILES string of the molecule is CCC1CNCC(N(C)C)C1. The lowest BCUT2D eigenvalue weighted by molar-refractivity contribution is 0.197. The fourth-order valence-electron chi connectivity index (χ4n) is 1.71. The van der Waals surface area contributed by atoms with E-state index in [1.54, 1.807) is 0 Å². The average molecular weight is 156 g/mol. The van der Waals surface area contributed by atoms with Gasteiger partial charge in [0, 0.05) is 12.6 Å². The quantitative estimate of drug-likeness (QED) is 0.640. The van der Waals surface area contributed by atoms with Gasteiger partial charge in [0.15, 0.2) is 0 Å². The van der Waals surface area contributed by atoms with Crippen LogP contribution in [-0.4, -0.2) is 38.1 Å². The Bertz CT molecular complexity index is 112. The van der Waals surface area contributed by atoms with Crippen LogP contribution in [0.5, 0.6) is 0 Å². The number of likely N-dealkylation sites (N-methyl/N-ethyl adjacent to an activating group) is 1. The van der Waals surface area contributed by atoms with Gasteiger partial charge < -0.3 is 10.2 Å². The monoisotopic (exact) mass is 156 g/mol. The van der Waals surface area contributed by atoms with E-state index >= 15 is 0 Å². The highest BCUT2D eigenvalue weighted by Gasteiger charge is 2.21. The molecule has 66 valence electrons. The Labute approximate surface area is 70.0 Å². The van der Waals surface area contributed by atoms with Crippen molar-refractivity contribution in [2.75, 3.05) is 27.2 Å². The molecular formula is C9H20N2. The maximum absolute atomic E-state index is 3.48. The number of nitrogens with one attached hydrogen (secondary N) is 1. The van der Waals surface area contributed by atoms with E-state index in [4.69, 9.17) is 0 Å². The predicted molar refractivity (Wildman–Crippen MR) is 48.7 cm³/mol. The van der Waals surface area contributed by atoms with Crippen molar-refractivity contribution in [2.24, 2.45) is 5.92 Å². The lowest BCUT2D eigenvalue weighted by Crippen LogP contribution is -2.46. The molecule has 0 aromatic heterocycles. The van der Waals surface area contributed by atoms with Gasteiger partial charge in [-0.15, -0.1) is 0 Å². The Morgan fingerprint density at radius 3 is 2.64 bits per heavy atom. The van der Waals surface area contributed by atoms with E-state index in [9.17, 15) is 0 Å². The Morgan fingerprint density at radius 1 is 1.36 bits per heavy atom. The normalized spacial score (nSPS) is 32.7. The third kappa shape index (κ3) is 2.46. The van der Waals surface area contributed by atoms with Crippen LogP contribution in [0.25, 0.3) is 0 Å². The Balaban J connectivity index is 2.33. The molecule has 0 radical (unpaired) electrons. The summed E-state index contributed by atoms with van der Waals surface area (Å²) in [5.41, 5.74) is 0. The van der Waals surface area contributed by atoms with Gasteiger partial charge in [-0.25, -0.2) is 0 Å². The van der Waals surface area contributed by atoms with E-state index < -0.39 is 0 Å². The first-order valence-corrected chi connectivity index (χ1v) is 4.61. The zero-order valence-electron chi connectivity index (χ0n) is 7.93. The third-order valence-electron chi connectivity index (χ3n) is 2.73. The summed E-state index contributed by atoms with van der Waals surface area (Å²) in [5.74, 6) is 0.899. The van der Waals surface area contributed by atoms with Crippen molar-refractivity contribution in [3.63, 3.8) is 0 Å². The first-order valence-electron chi connectivity index (χ1n) is 4.61. The van der Waals surface area contributed by atoms with Gasteiger partial charge in [-0.2, -0.15) is 0 Å². The molecule has 2 unspecified atom stereocenters. The van der Waals surface area contributed by atoms with Crippen molar-refractivity contribution < 1.29 is 0 Å². The van der Waals surface area contributed by atoms with Crippen LogP contribution in [0.1, 0.15) is 19.8 Å². The highest BCUT2D eigenvalue weighted by atomic mass is 15.1. The lowest BCUT2D eigenvalue weighted by atomic mass is 9.93. The van der Waals surface area contributed by atoms with Crippen molar-refractivity contribution in [1.82, 2.24) is 10.2 Å². The summed E-state index contributed by atoms with van der Waals surface area (Å²) >= 11 is 0. The summed E-state index contributed by atoms with van der Waals surface area (Å²) in [6.07, 6.45) is 2.69. The van der Waals surface area contributed by atoms with Gasteiger partial charge in [-0.3, -0.25) is 0 Å². The van der Waals surface area contributed by atoms with E-state index in [-0.39, 0.29) is 0 Å². The second kappa shape index (κ2) is 4.07. The molecule has 1 heterocycles. The van der Waals surface area contributed by atoms with Gasteiger partial charge in [0.05, 0.1) is 0 Å². The van der Waals surface area contributed by atoms with Gasteiger partial charge in [0.2, 0.25) is 0 Å². The van der Waals surface area contributed by atoms with Crippen molar-refractivity contribution in [3.8, 4) is 0 Å². The fraction of sp³-hybridized carbons (Fsp3) is 1.00. The van der Waals surface area contributed by atoms with Gasteiger partial charge in [0.1, 0.15) is 0 Å². The molecule has 2 nitrogen and oxygen atoms in total. The van der Waals surface area contributed by atoms with Crippen LogP contribution in [0.15, 0.2) is 0 Å². The molecule has 11 heavy (non-hydrogen) atoms. The number of hydrogen-bond acceptors (Lipinski definition) is 2. The molecule has 1 saturated heterocycles. The number of piperidine rings is 1. The molecule has 0 saturated carbocycles. The van der Waals surface area contributed by atoms with E-state index in [0.717, 1.165) is 12.0 Å². The van der Waals surface area contributed by atoms with Crippen molar-refractivity contribution in [3.05, 3.63) is 0 Å². The minimum Gasteiger partial charge on any atom is -0.315 e. The Kier molecular flexibility index (Phi) is 3.34. The van der Waals surface area contributed by atoms with Crippen LogP contribution in [-0.2, 0) is 0 Å². The van der Waals surface area contributed by atoms with Crippen molar-refractivity contribution in [2.45, 2.75) is 25.8 Å². The first-order chi connectivity index (χ1) is 5.24. The van der Waals surface area contributed by atoms with Gasteiger partial charge in [-0.1, -0.05) is 13.3 Å². The zero-order chi connectivity index (χ0) is 8.27. The fourth-order valence-corrected chi connectivity index (χ4v) is 1.71. The molecule has 0 aromatic carbocycles. The van der Waals surface area contributed by atoms with Gasteiger partial charge >= 0.3 is 0 Å². The largest absolute Gasteiger partial charge is 0.315 e. The summed E-state index contributed by atoms with van der Waals surface area (Å²) in [6, 6.07) is 0.758. The minimum atomic E-state index is 0.758. The molecule has 0 aromatic rings. The van der Waals surface area contributed by atoms with Crippen LogP contribution in [0.2, 0.25) is 0 Å². The van der Waals surface area contributed by atoms with Gasteiger partial charge in [-0.05, 0) is 33.0 Å². The smallest absolute Gasteiger partial charge is 0.0217 e. The topological polar surface area (TPSA) is 15.3 Å². The molecule has 1 aliphatic rings. The summed E-state index contributed by atoms with van der Waals surface area (Å²) in [4.78, 5) is 2.33. The summed E-state index contributed by atoms with van der Waals surface area (Å²) in [6.45, 7) is 4.68. The van der Waals surface area contributed by atoms with Crippen molar-refractivity contribution >= 4 is 0 Å². The maximum Gasteiger partial charge on any atom is 0.0217 e. The van der Waals surface area contributed by atoms with Crippen LogP contribution >= 0.6 is 0 Å². The molecule has 2 atom stereocenters. The van der Waals surface area contributed by atoms with Crippen LogP contribution in [0.4, 0.5) is 0 Å². The maximum atomic E-state index is 3.48. The van der Waals surface area contributed by atoms with E-state index in [0.29, 0.717) is 0 Å². The molecule has 1 aliphatic heterocycles. The molecule has 1 fully saturated rings. The Hall–Kier alpha value is -0.0800. The van der Waals surface area contributed by atoms with E-state index in [2.05, 4.69) is 31.2 Å². The second-order valence-electron chi connectivity index (χ2n) is 3.79. The first kappa shape index (κ1) is 9.01. The Morgan fingerprint density at radius 2 is 2.09 bits per heavy atom. The van der Waals surface area contributed by atoms with E-state index in [1.807, 2.05) is 0 Å². The standard InChI is InChI=1S/C9H20N2/c1-4-8-5-9(11(2)3)7-10-6-8/h8-10H,4-7H2,1-3H3. The highest BCUT2D eigenvalue weighted by Crippen LogP contribution is 2.16. The third-order valence-corrected chi connectivity index (χ3v) is 2.73. The molecule has 0 amide bonds. The molecule has 0 bridgehead atoms. The van der Waals surface area contributed by atoms with Crippen molar-refractivity contribution in [1.29, 1.82) is 0 Å². The summed E-state index contributed by atoms with van der Waals surface area (Å²) in [5, 5.41) is 3.48. The molecule has 2 heteroatoms. The lowest BCUT2D eigenvalue weighted by Gasteiger charge is -2.33. The van der Waals surface area contributed by atoms with Crippen LogP contribution in [0.3, 0.4) is 0 Å². The summed E-state index contributed by atoms with van der Waals surface area (Å²) in [7, 11) is 4.34. The predicted octanol–water partition coefficient (Wildman–Crippen LogP) is 0.936. The molecule has 0 aliphatic carbocycles. The molecule has 1 N–H and O–H groups in total. The van der Waals surface area contributed by atoms with E-state index in [1.165, 1.54) is 25.9 Å². The molecule has 1 rings (SSSR count). The number of rotatable bonds is 2. The number of nitrogens with zero attached hydrogens (tertiary/aromatic N) is 1.